The molecule has 0 aliphatic rings. The first-order valence-corrected chi connectivity index (χ1v) is 6.43. The first kappa shape index (κ1) is 14.8. The number of hydrogen-bond acceptors (Lipinski definition) is 4. The van der Waals surface area contributed by atoms with Crippen LogP contribution in [0.2, 0.25) is 0 Å². The Morgan fingerprint density at radius 2 is 2.06 bits per heavy atom. The zero-order valence-corrected chi connectivity index (χ0v) is 12.1. The molecule has 0 saturated heterocycles. The van der Waals surface area contributed by atoms with Crippen molar-refractivity contribution in [1.82, 2.24) is 5.32 Å². The van der Waals surface area contributed by atoms with Gasteiger partial charge in [-0.25, -0.2) is 4.79 Å². The van der Waals surface area contributed by atoms with Gasteiger partial charge in [0.2, 0.25) is 5.76 Å². The second-order valence-corrected chi connectivity index (χ2v) is 5.07. The number of rotatable bonds is 5. The van der Waals surface area contributed by atoms with Crippen LogP contribution in [0, 0.1) is 5.92 Å². The van der Waals surface area contributed by atoms with Crippen LogP contribution in [0.3, 0.4) is 0 Å². The normalized spacial score (nSPS) is 12.3. The van der Waals surface area contributed by atoms with Crippen LogP contribution in [0.25, 0.3) is 0 Å². The number of carbonyl (C=O) groups excluding carboxylic acids is 2. The van der Waals surface area contributed by atoms with E-state index in [0.29, 0.717) is 17.1 Å². The van der Waals surface area contributed by atoms with E-state index in [2.05, 4.69) is 21.2 Å². The minimum atomic E-state index is -0.847. The third-order valence-electron chi connectivity index (χ3n) is 2.11. The van der Waals surface area contributed by atoms with Crippen molar-refractivity contribution in [1.29, 1.82) is 0 Å². The molecule has 0 aliphatic heterocycles. The summed E-state index contributed by atoms with van der Waals surface area (Å²) in [5, 5.41) is 2.69. The lowest BCUT2D eigenvalue weighted by Gasteiger charge is -2.13. The number of ether oxygens (including phenoxy) is 1. The van der Waals surface area contributed by atoms with Crippen LogP contribution in [-0.4, -0.2) is 24.5 Å². The van der Waals surface area contributed by atoms with Crippen LogP contribution in [0.5, 0.6) is 0 Å². The third-order valence-corrected chi connectivity index (χ3v) is 2.54. The van der Waals surface area contributed by atoms with Crippen LogP contribution in [-0.2, 0) is 9.53 Å². The van der Waals surface area contributed by atoms with Crippen molar-refractivity contribution in [3.05, 3.63) is 22.6 Å². The van der Waals surface area contributed by atoms with Gasteiger partial charge in [-0.3, -0.25) is 4.79 Å². The molecule has 0 bridgehead atoms. The predicted octanol–water partition coefficient (Wildman–Crippen LogP) is 2.36. The lowest BCUT2D eigenvalue weighted by Crippen LogP contribution is -2.37. The van der Waals surface area contributed by atoms with Gasteiger partial charge in [0.25, 0.3) is 5.91 Å². The Morgan fingerprint density at radius 1 is 1.39 bits per heavy atom. The van der Waals surface area contributed by atoms with Crippen LogP contribution in [0.1, 0.15) is 31.3 Å². The first-order valence-electron chi connectivity index (χ1n) is 5.64. The summed E-state index contributed by atoms with van der Waals surface area (Å²) in [6.07, 6.45) is -0.847. The lowest BCUT2D eigenvalue weighted by atomic mass is 10.2. The highest BCUT2D eigenvalue weighted by Gasteiger charge is 2.20. The molecule has 5 nitrogen and oxygen atoms in total. The Morgan fingerprint density at radius 3 is 2.56 bits per heavy atom. The molecular weight excluding hydrogens is 302 g/mol. The molecule has 6 heteroatoms. The number of hydrogen-bond donors (Lipinski definition) is 1. The third kappa shape index (κ3) is 4.52. The highest BCUT2D eigenvalue weighted by atomic mass is 79.9. The fraction of sp³-hybridized carbons (Fsp3) is 0.500. The van der Waals surface area contributed by atoms with Crippen molar-refractivity contribution < 1.29 is 18.7 Å². The molecule has 0 aromatic carbocycles. The highest BCUT2D eigenvalue weighted by Crippen LogP contribution is 2.15. The molecule has 0 spiro atoms. The van der Waals surface area contributed by atoms with Gasteiger partial charge in [0.05, 0.1) is 0 Å². The molecule has 1 N–H and O–H groups in total. The zero-order valence-electron chi connectivity index (χ0n) is 10.5. The second kappa shape index (κ2) is 6.58. The van der Waals surface area contributed by atoms with E-state index in [4.69, 9.17) is 9.15 Å². The summed E-state index contributed by atoms with van der Waals surface area (Å²) in [6, 6.07) is 3.06. The Bertz CT molecular complexity index is 427. The molecule has 18 heavy (non-hydrogen) atoms. The molecule has 0 saturated carbocycles. The quantitative estimate of drug-likeness (QED) is 0.846. The molecule has 0 fully saturated rings. The Kier molecular flexibility index (Phi) is 5.40. The van der Waals surface area contributed by atoms with Gasteiger partial charge in [0.15, 0.2) is 10.8 Å². The molecule has 1 atom stereocenters. The molecule has 0 aliphatic carbocycles. The predicted molar refractivity (Wildman–Crippen MR) is 69.1 cm³/mol. The van der Waals surface area contributed by atoms with Gasteiger partial charge < -0.3 is 14.5 Å². The highest BCUT2D eigenvalue weighted by molar-refractivity contribution is 9.10. The zero-order chi connectivity index (χ0) is 13.7. The second-order valence-electron chi connectivity index (χ2n) is 4.29. The number of amides is 1. The van der Waals surface area contributed by atoms with Gasteiger partial charge >= 0.3 is 5.97 Å². The van der Waals surface area contributed by atoms with Gasteiger partial charge in [0.1, 0.15) is 0 Å². The number of furan rings is 1. The van der Waals surface area contributed by atoms with E-state index in [1.165, 1.54) is 13.0 Å². The van der Waals surface area contributed by atoms with E-state index >= 15 is 0 Å². The smallest absolute Gasteiger partial charge is 0.375 e. The van der Waals surface area contributed by atoms with Crippen LogP contribution in [0.15, 0.2) is 21.2 Å². The van der Waals surface area contributed by atoms with Crippen LogP contribution in [0.4, 0.5) is 0 Å². The van der Waals surface area contributed by atoms with Crippen molar-refractivity contribution in [2.75, 3.05) is 6.54 Å². The van der Waals surface area contributed by atoms with E-state index in [-0.39, 0.29) is 11.7 Å². The summed E-state index contributed by atoms with van der Waals surface area (Å²) >= 11 is 3.08. The maximum atomic E-state index is 11.6. The number of esters is 1. The molecular formula is C12H16BrNO4. The molecule has 1 unspecified atom stereocenters. The first-order chi connectivity index (χ1) is 8.40. The SMILES string of the molecule is CC(C)CNC(=O)C(C)OC(=O)c1ccc(Br)o1. The van der Waals surface area contributed by atoms with Crippen molar-refractivity contribution in [3.63, 3.8) is 0 Å². The van der Waals surface area contributed by atoms with E-state index in [9.17, 15) is 9.59 Å². The van der Waals surface area contributed by atoms with Crippen molar-refractivity contribution in [2.24, 2.45) is 5.92 Å². The van der Waals surface area contributed by atoms with Crippen molar-refractivity contribution in [3.8, 4) is 0 Å². The van der Waals surface area contributed by atoms with E-state index in [0.717, 1.165) is 0 Å². The standard InChI is InChI=1S/C12H16BrNO4/c1-7(2)6-14-11(15)8(3)17-12(16)9-4-5-10(13)18-9/h4-5,7-8H,6H2,1-3H3,(H,14,15). The van der Waals surface area contributed by atoms with E-state index in [1.807, 2.05) is 13.8 Å². The molecule has 1 heterocycles. The Hall–Kier alpha value is -1.30. The maximum absolute atomic E-state index is 11.6. The number of nitrogens with one attached hydrogen (secondary N) is 1. The summed E-state index contributed by atoms with van der Waals surface area (Å²) in [4.78, 5) is 23.2. The number of carbonyl (C=O) groups is 2. The average Bonchev–Trinajstić information content (AvgIpc) is 2.72. The maximum Gasteiger partial charge on any atom is 0.375 e. The Balaban J connectivity index is 2.46. The van der Waals surface area contributed by atoms with Gasteiger partial charge in [-0.2, -0.15) is 0 Å². The minimum absolute atomic E-state index is 0.0605. The molecule has 1 aromatic heterocycles. The molecule has 1 amide bonds. The van der Waals surface area contributed by atoms with E-state index < -0.39 is 12.1 Å². The minimum Gasteiger partial charge on any atom is -0.447 e. The van der Waals surface area contributed by atoms with Gasteiger partial charge in [-0.1, -0.05) is 13.8 Å². The fourth-order valence-corrected chi connectivity index (χ4v) is 1.45. The lowest BCUT2D eigenvalue weighted by molar-refractivity contribution is -0.129. The molecule has 0 radical (unpaired) electrons. The van der Waals surface area contributed by atoms with Gasteiger partial charge in [0, 0.05) is 6.54 Å². The summed E-state index contributed by atoms with van der Waals surface area (Å²) in [7, 11) is 0. The fourth-order valence-electron chi connectivity index (χ4n) is 1.14. The summed E-state index contributed by atoms with van der Waals surface area (Å²) < 4.78 is 10.4. The van der Waals surface area contributed by atoms with Crippen molar-refractivity contribution >= 4 is 27.8 Å². The number of halogens is 1. The topological polar surface area (TPSA) is 68.5 Å². The molecule has 1 aromatic rings. The molecule has 100 valence electrons. The van der Waals surface area contributed by atoms with E-state index in [1.54, 1.807) is 6.07 Å². The molecule has 1 rings (SSSR count). The van der Waals surface area contributed by atoms with Crippen molar-refractivity contribution in [2.45, 2.75) is 26.9 Å². The monoisotopic (exact) mass is 317 g/mol. The van der Waals surface area contributed by atoms with Crippen LogP contribution < -0.4 is 5.32 Å². The summed E-state index contributed by atoms with van der Waals surface area (Å²) in [5.74, 6) is -0.571. The van der Waals surface area contributed by atoms with Gasteiger partial charge in [-0.05, 0) is 40.9 Å². The summed E-state index contributed by atoms with van der Waals surface area (Å²) in [6.45, 7) is 6.03. The summed E-state index contributed by atoms with van der Waals surface area (Å²) in [5.41, 5.74) is 0. The largest absolute Gasteiger partial charge is 0.447 e. The van der Waals surface area contributed by atoms with Crippen LogP contribution >= 0.6 is 15.9 Å². The van der Waals surface area contributed by atoms with Gasteiger partial charge in [-0.15, -0.1) is 0 Å². The average molecular weight is 318 g/mol. The Labute approximate surface area is 114 Å².